The summed E-state index contributed by atoms with van der Waals surface area (Å²) in [6, 6.07) is 25.6. The predicted octanol–water partition coefficient (Wildman–Crippen LogP) is 7.20. The summed E-state index contributed by atoms with van der Waals surface area (Å²) in [5, 5.41) is 1.65. The molecule has 0 N–H and O–H groups in total. The summed E-state index contributed by atoms with van der Waals surface area (Å²) in [7, 11) is 0. The highest BCUT2D eigenvalue weighted by Gasteiger charge is 2.17. The number of hydrogen-bond acceptors (Lipinski definition) is 3. The number of rotatable bonds is 2. The zero-order chi connectivity index (χ0) is 20.0. The van der Waals surface area contributed by atoms with Gasteiger partial charge in [0.15, 0.2) is 5.52 Å². The number of nitrogens with zero attached hydrogens (tertiary/aromatic N) is 1. The van der Waals surface area contributed by atoms with Crippen molar-refractivity contribution in [2.75, 3.05) is 0 Å². The molecule has 0 bridgehead atoms. The van der Waals surface area contributed by atoms with Crippen molar-refractivity contribution < 1.29 is 4.42 Å². The smallest absolute Gasteiger partial charge is 0.363 e. The molecule has 0 aliphatic heterocycles. The lowest BCUT2D eigenvalue weighted by Gasteiger charge is -2.12. The van der Waals surface area contributed by atoms with E-state index in [2.05, 4.69) is 31.9 Å². The molecule has 29 heavy (non-hydrogen) atoms. The molecule has 2 heterocycles. The monoisotopic (exact) mass is 505 g/mol. The summed E-state index contributed by atoms with van der Waals surface area (Å²) < 4.78 is 7.48. The first-order valence-corrected chi connectivity index (χ1v) is 10.6. The van der Waals surface area contributed by atoms with E-state index in [1.54, 1.807) is 6.07 Å². The van der Waals surface area contributed by atoms with Crippen LogP contribution in [0.25, 0.3) is 44.3 Å². The topological polar surface area (TPSA) is 43.1 Å². The van der Waals surface area contributed by atoms with Gasteiger partial charge < -0.3 is 4.42 Å². The molecule has 5 aromatic rings. The van der Waals surface area contributed by atoms with E-state index < -0.39 is 5.63 Å². The minimum absolute atomic E-state index is 0.329. The van der Waals surface area contributed by atoms with Gasteiger partial charge in [-0.05, 0) is 47.5 Å². The second kappa shape index (κ2) is 7.25. The Kier molecular flexibility index (Phi) is 4.57. The van der Waals surface area contributed by atoms with Crippen molar-refractivity contribution in [2.45, 2.75) is 0 Å². The second-order valence-corrected chi connectivity index (χ2v) is 8.51. The van der Waals surface area contributed by atoms with E-state index in [-0.39, 0.29) is 0 Å². The van der Waals surface area contributed by atoms with Gasteiger partial charge in [-0.1, -0.05) is 74.3 Å². The van der Waals surface area contributed by atoms with E-state index in [9.17, 15) is 4.79 Å². The summed E-state index contributed by atoms with van der Waals surface area (Å²) in [5.41, 5.74) is 4.06. The Bertz CT molecular complexity index is 1430. The Labute approximate surface area is 183 Å². The van der Waals surface area contributed by atoms with Crippen LogP contribution in [-0.2, 0) is 0 Å². The highest BCUT2D eigenvalue weighted by Crippen LogP contribution is 2.36. The average molecular weight is 507 g/mol. The largest absolute Gasteiger partial charge is 0.421 e. The molecule has 0 saturated heterocycles. The summed E-state index contributed by atoms with van der Waals surface area (Å²) in [4.78, 5) is 17.6. The molecule has 0 atom stereocenters. The van der Waals surface area contributed by atoms with E-state index in [1.165, 1.54) is 0 Å². The second-order valence-electron chi connectivity index (χ2n) is 6.68. The third-order valence-corrected chi connectivity index (χ3v) is 5.87. The van der Waals surface area contributed by atoms with Gasteiger partial charge in [0.1, 0.15) is 5.58 Å². The lowest BCUT2D eigenvalue weighted by atomic mass is 9.97. The maximum absolute atomic E-state index is 12.9. The molecule has 0 unspecified atom stereocenters. The molecule has 0 fully saturated rings. The molecule has 0 spiro atoms. The molecule has 0 aliphatic carbocycles. The lowest BCUT2D eigenvalue weighted by Crippen LogP contribution is -2.04. The maximum atomic E-state index is 12.9. The molecule has 0 aliphatic rings. The van der Waals surface area contributed by atoms with Crippen LogP contribution in [0.2, 0.25) is 0 Å². The third-order valence-electron chi connectivity index (χ3n) is 4.85. The van der Waals surface area contributed by atoms with E-state index in [4.69, 9.17) is 9.40 Å². The Hall–Kier alpha value is -2.76. The fourth-order valence-electron chi connectivity index (χ4n) is 3.51. The highest BCUT2D eigenvalue weighted by molar-refractivity contribution is 9.10. The molecule has 3 nitrogen and oxygen atoms in total. The fraction of sp³-hybridized carbons (Fsp3) is 0. The zero-order valence-electron chi connectivity index (χ0n) is 15.0. The van der Waals surface area contributed by atoms with Crippen LogP contribution in [-0.4, -0.2) is 4.98 Å². The van der Waals surface area contributed by atoms with Crippen molar-refractivity contribution in [3.63, 3.8) is 0 Å². The Balaban J connectivity index is 1.95. The average Bonchev–Trinajstić information content (AvgIpc) is 2.75. The number of halogens is 2. The number of fused-ring (bicyclic) bond motifs is 3. The number of benzene rings is 3. The van der Waals surface area contributed by atoms with Crippen LogP contribution in [0.5, 0.6) is 0 Å². The molecule has 5 heteroatoms. The van der Waals surface area contributed by atoms with Crippen molar-refractivity contribution in [1.82, 2.24) is 4.98 Å². The van der Waals surface area contributed by atoms with Gasteiger partial charge >= 0.3 is 5.63 Å². The minimum atomic E-state index is -0.439. The van der Waals surface area contributed by atoms with Crippen LogP contribution in [0.4, 0.5) is 0 Å². The van der Waals surface area contributed by atoms with Crippen molar-refractivity contribution in [3.8, 4) is 22.4 Å². The molecular formula is C24H13Br2NO2. The summed E-state index contributed by atoms with van der Waals surface area (Å²) in [6.45, 7) is 0. The molecule has 0 saturated carbocycles. The Morgan fingerprint density at radius 3 is 2.24 bits per heavy atom. The SMILES string of the molecule is O=c1oc2ccc(Br)cc2c2c(-c3ccccc3)cc(-c3ccc(Br)cc3)nc12. The molecule has 140 valence electrons. The number of pyridine rings is 1. The van der Waals surface area contributed by atoms with Crippen molar-refractivity contribution >= 4 is 53.7 Å². The van der Waals surface area contributed by atoms with Crippen LogP contribution in [0.15, 0.2) is 97.0 Å². The van der Waals surface area contributed by atoms with E-state index in [1.807, 2.05) is 72.8 Å². The molecule has 2 aromatic heterocycles. The van der Waals surface area contributed by atoms with Crippen molar-refractivity contribution in [1.29, 1.82) is 0 Å². The lowest BCUT2D eigenvalue weighted by molar-refractivity contribution is 0.568. The van der Waals surface area contributed by atoms with Crippen molar-refractivity contribution in [3.05, 3.63) is 98.2 Å². The Morgan fingerprint density at radius 2 is 1.48 bits per heavy atom. The first-order valence-electron chi connectivity index (χ1n) is 8.98. The van der Waals surface area contributed by atoms with Crippen LogP contribution < -0.4 is 5.63 Å². The Morgan fingerprint density at radius 1 is 0.759 bits per heavy atom. The predicted molar refractivity (Wildman–Crippen MR) is 124 cm³/mol. The molecule has 0 radical (unpaired) electrons. The van der Waals surface area contributed by atoms with Crippen LogP contribution in [0, 0.1) is 0 Å². The minimum Gasteiger partial charge on any atom is -0.421 e. The van der Waals surface area contributed by atoms with Gasteiger partial charge in [0.05, 0.1) is 5.69 Å². The van der Waals surface area contributed by atoms with Gasteiger partial charge in [-0.3, -0.25) is 0 Å². The highest BCUT2D eigenvalue weighted by atomic mass is 79.9. The van der Waals surface area contributed by atoms with Gasteiger partial charge in [0.25, 0.3) is 0 Å². The van der Waals surface area contributed by atoms with Crippen LogP contribution in [0.1, 0.15) is 0 Å². The summed E-state index contributed by atoms with van der Waals surface area (Å²) >= 11 is 7.00. The molecule has 5 rings (SSSR count). The van der Waals surface area contributed by atoms with E-state index >= 15 is 0 Å². The van der Waals surface area contributed by atoms with Gasteiger partial charge in [-0.25, -0.2) is 9.78 Å². The summed E-state index contributed by atoms with van der Waals surface area (Å²) in [5.74, 6) is 0. The maximum Gasteiger partial charge on any atom is 0.363 e. The number of hydrogen-bond donors (Lipinski definition) is 0. The van der Waals surface area contributed by atoms with Gasteiger partial charge in [0, 0.05) is 25.3 Å². The van der Waals surface area contributed by atoms with Crippen LogP contribution >= 0.6 is 31.9 Å². The van der Waals surface area contributed by atoms with Crippen molar-refractivity contribution in [2.24, 2.45) is 0 Å². The standard InChI is InChI=1S/C24H13Br2NO2/c25-16-8-6-15(7-9-16)20-13-18(14-4-2-1-3-5-14)22-19-12-17(26)10-11-21(19)29-24(28)23(22)27-20/h1-13H. The first kappa shape index (κ1) is 18.3. The van der Waals surface area contributed by atoms with E-state index in [0.29, 0.717) is 11.1 Å². The molecule has 0 amide bonds. The number of aromatic nitrogens is 1. The van der Waals surface area contributed by atoms with Gasteiger partial charge in [-0.15, -0.1) is 0 Å². The third kappa shape index (κ3) is 3.30. The van der Waals surface area contributed by atoms with Crippen LogP contribution in [0.3, 0.4) is 0 Å². The van der Waals surface area contributed by atoms with E-state index in [0.717, 1.165) is 42.1 Å². The molecular weight excluding hydrogens is 494 g/mol. The fourth-order valence-corrected chi connectivity index (χ4v) is 4.14. The summed E-state index contributed by atoms with van der Waals surface area (Å²) in [6.07, 6.45) is 0. The van der Waals surface area contributed by atoms with Gasteiger partial charge in [-0.2, -0.15) is 0 Å². The van der Waals surface area contributed by atoms with Gasteiger partial charge in [0.2, 0.25) is 0 Å². The molecule has 3 aromatic carbocycles. The first-order chi connectivity index (χ1) is 14.1. The normalized spacial score (nSPS) is 11.2. The zero-order valence-corrected chi connectivity index (χ0v) is 18.2. The quantitative estimate of drug-likeness (QED) is 0.188.